The minimum atomic E-state index is 0.521. The highest BCUT2D eigenvalue weighted by Crippen LogP contribution is 2.31. The van der Waals surface area contributed by atoms with Gasteiger partial charge in [-0.05, 0) is 83.2 Å². The zero-order chi connectivity index (χ0) is 26.3. The number of fused-ring (bicyclic) bond motifs is 1. The molecular weight excluding hydrogens is 464 g/mol. The van der Waals surface area contributed by atoms with Crippen LogP contribution in [0.2, 0.25) is 0 Å². The smallest absolute Gasteiger partial charge is 0.142 e. The lowest BCUT2D eigenvalue weighted by molar-refractivity contribution is 0.195. The van der Waals surface area contributed by atoms with E-state index in [-0.39, 0.29) is 0 Å². The number of anilines is 1. The van der Waals surface area contributed by atoms with Crippen LogP contribution in [-0.2, 0) is 45.3 Å². The van der Waals surface area contributed by atoms with Gasteiger partial charge in [-0.1, -0.05) is 92.7 Å². The SMILES string of the molecule is CCc1cc2c(cc1CC)CC(N(CCc1ccc(OCc3ccccc3)c(N)c1)Cc1ccccc1)C2. The number of aryl methyl sites for hydroxylation is 2. The van der Waals surface area contributed by atoms with Gasteiger partial charge >= 0.3 is 0 Å². The van der Waals surface area contributed by atoms with Gasteiger partial charge in [-0.15, -0.1) is 0 Å². The first kappa shape index (κ1) is 26.1. The molecule has 4 aromatic carbocycles. The first-order valence-electron chi connectivity index (χ1n) is 14.1. The predicted molar refractivity (Wildman–Crippen MR) is 159 cm³/mol. The maximum absolute atomic E-state index is 6.41. The van der Waals surface area contributed by atoms with Crippen LogP contribution in [0.25, 0.3) is 0 Å². The van der Waals surface area contributed by atoms with Gasteiger partial charge in [-0.25, -0.2) is 0 Å². The standard InChI is InChI=1S/C35H40N2O/c1-3-29-20-31-22-33(23-32(31)21-30(29)4-2)37(24-27-11-7-5-8-12-27)18-17-26-15-16-35(34(36)19-26)38-25-28-13-9-6-10-14-28/h5-16,19-21,33H,3-4,17-18,22-25,36H2,1-2H3. The molecular formula is C35H40N2O. The van der Waals surface area contributed by atoms with Crippen molar-refractivity contribution in [3.05, 3.63) is 130 Å². The molecule has 0 saturated heterocycles. The summed E-state index contributed by atoms with van der Waals surface area (Å²) < 4.78 is 6.00. The molecule has 0 radical (unpaired) electrons. The summed E-state index contributed by atoms with van der Waals surface area (Å²) in [5, 5.41) is 0. The van der Waals surface area contributed by atoms with Crippen LogP contribution in [0.5, 0.6) is 5.75 Å². The first-order chi connectivity index (χ1) is 18.6. The van der Waals surface area contributed by atoms with Crippen molar-refractivity contribution in [3.8, 4) is 5.75 Å². The van der Waals surface area contributed by atoms with E-state index in [4.69, 9.17) is 10.5 Å². The van der Waals surface area contributed by atoms with Crippen LogP contribution in [-0.4, -0.2) is 17.5 Å². The maximum Gasteiger partial charge on any atom is 0.142 e. The number of nitrogen functional groups attached to an aromatic ring is 1. The Hall–Kier alpha value is -3.56. The number of hydrogen-bond acceptors (Lipinski definition) is 3. The van der Waals surface area contributed by atoms with Crippen LogP contribution in [0.15, 0.2) is 91.0 Å². The number of nitrogens with zero attached hydrogens (tertiary/aromatic N) is 1. The summed E-state index contributed by atoms with van der Waals surface area (Å²) in [6.45, 7) is 7.04. The lowest BCUT2D eigenvalue weighted by Crippen LogP contribution is -2.37. The molecule has 3 nitrogen and oxygen atoms in total. The maximum atomic E-state index is 6.41. The molecule has 0 unspecified atom stereocenters. The fourth-order valence-corrected chi connectivity index (χ4v) is 5.77. The highest BCUT2D eigenvalue weighted by atomic mass is 16.5. The van der Waals surface area contributed by atoms with Gasteiger partial charge in [0.15, 0.2) is 0 Å². The molecule has 1 aliphatic carbocycles. The monoisotopic (exact) mass is 504 g/mol. The van der Waals surface area contributed by atoms with E-state index in [2.05, 4.69) is 85.5 Å². The molecule has 0 atom stereocenters. The average molecular weight is 505 g/mol. The van der Waals surface area contributed by atoms with Gasteiger partial charge in [0.2, 0.25) is 0 Å². The molecule has 38 heavy (non-hydrogen) atoms. The molecule has 196 valence electrons. The van der Waals surface area contributed by atoms with Gasteiger partial charge < -0.3 is 10.5 Å². The summed E-state index contributed by atoms with van der Waals surface area (Å²) in [7, 11) is 0. The molecule has 2 N–H and O–H groups in total. The Morgan fingerprint density at radius 1 is 0.737 bits per heavy atom. The van der Waals surface area contributed by atoms with E-state index >= 15 is 0 Å². The summed E-state index contributed by atoms with van der Waals surface area (Å²) in [4.78, 5) is 2.68. The van der Waals surface area contributed by atoms with Crippen LogP contribution in [0.3, 0.4) is 0 Å². The van der Waals surface area contributed by atoms with E-state index in [1.165, 1.54) is 22.3 Å². The number of ether oxygens (including phenoxy) is 1. The Morgan fingerprint density at radius 3 is 1.92 bits per heavy atom. The van der Waals surface area contributed by atoms with Crippen LogP contribution in [0, 0.1) is 0 Å². The highest BCUT2D eigenvalue weighted by molar-refractivity contribution is 5.54. The van der Waals surface area contributed by atoms with Crippen molar-refractivity contribution < 1.29 is 4.74 Å². The van der Waals surface area contributed by atoms with Crippen LogP contribution in [0.4, 0.5) is 5.69 Å². The molecule has 4 aromatic rings. The Labute approximate surface area is 228 Å². The lowest BCUT2D eigenvalue weighted by Gasteiger charge is -2.29. The second kappa shape index (κ2) is 12.3. The van der Waals surface area contributed by atoms with Gasteiger partial charge in [0, 0.05) is 19.1 Å². The topological polar surface area (TPSA) is 38.5 Å². The van der Waals surface area contributed by atoms with Gasteiger partial charge in [0.25, 0.3) is 0 Å². The van der Waals surface area contributed by atoms with Crippen molar-refractivity contribution in [2.45, 2.75) is 65.1 Å². The second-order valence-electron chi connectivity index (χ2n) is 10.5. The van der Waals surface area contributed by atoms with Crippen molar-refractivity contribution in [1.82, 2.24) is 4.90 Å². The van der Waals surface area contributed by atoms with Gasteiger partial charge in [-0.2, -0.15) is 0 Å². The Morgan fingerprint density at radius 2 is 1.34 bits per heavy atom. The summed E-state index contributed by atoms with van der Waals surface area (Å²) in [6, 6.07) is 32.9. The third kappa shape index (κ3) is 6.28. The molecule has 0 aromatic heterocycles. The summed E-state index contributed by atoms with van der Waals surface area (Å²) >= 11 is 0. The first-order valence-corrected chi connectivity index (χ1v) is 14.1. The number of nitrogens with two attached hydrogens (primary N) is 1. The molecule has 0 aliphatic heterocycles. The lowest BCUT2D eigenvalue weighted by atomic mass is 9.97. The zero-order valence-corrected chi connectivity index (χ0v) is 22.8. The molecule has 1 aliphatic rings. The Bertz CT molecular complexity index is 1300. The Balaban J connectivity index is 1.28. The Kier molecular flexibility index (Phi) is 8.45. The number of hydrogen-bond donors (Lipinski definition) is 1. The quantitative estimate of drug-likeness (QED) is 0.220. The number of benzene rings is 4. The highest BCUT2D eigenvalue weighted by Gasteiger charge is 2.27. The van der Waals surface area contributed by atoms with E-state index in [0.717, 1.165) is 56.5 Å². The fourth-order valence-electron chi connectivity index (χ4n) is 5.77. The average Bonchev–Trinajstić information content (AvgIpc) is 3.38. The van der Waals surface area contributed by atoms with Crippen molar-refractivity contribution in [2.24, 2.45) is 0 Å². The van der Waals surface area contributed by atoms with E-state index in [0.29, 0.717) is 18.3 Å². The van der Waals surface area contributed by atoms with Gasteiger partial charge in [0.05, 0.1) is 5.69 Å². The summed E-state index contributed by atoms with van der Waals surface area (Å²) in [6.07, 6.45) is 5.45. The fraction of sp³-hybridized carbons (Fsp3) is 0.314. The molecule has 0 bridgehead atoms. The number of rotatable bonds is 11. The van der Waals surface area contributed by atoms with Crippen molar-refractivity contribution >= 4 is 5.69 Å². The van der Waals surface area contributed by atoms with Crippen LogP contribution in [0.1, 0.15) is 52.8 Å². The van der Waals surface area contributed by atoms with E-state index < -0.39 is 0 Å². The molecule has 3 heteroatoms. The van der Waals surface area contributed by atoms with E-state index in [9.17, 15) is 0 Å². The van der Waals surface area contributed by atoms with Crippen LogP contribution < -0.4 is 10.5 Å². The molecule has 5 rings (SSSR count). The third-order valence-electron chi connectivity index (χ3n) is 7.94. The third-order valence-corrected chi connectivity index (χ3v) is 7.94. The zero-order valence-electron chi connectivity index (χ0n) is 22.8. The molecule has 0 spiro atoms. The van der Waals surface area contributed by atoms with Gasteiger partial charge in [-0.3, -0.25) is 4.90 Å². The van der Waals surface area contributed by atoms with Gasteiger partial charge in [0.1, 0.15) is 12.4 Å². The second-order valence-corrected chi connectivity index (χ2v) is 10.5. The van der Waals surface area contributed by atoms with Crippen LogP contribution >= 0.6 is 0 Å². The van der Waals surface area contributed by atoms with E-state index in [1.54, 1.807) is 11.1 Å². The van der Waals surface area contributed by atoms with Crippen molar-refractivity contribution in [1.29, 1.82) is 0 Å². The minimum Gasteiger partial charge on any atom is -0.487 e. The minimum absolute atomic E-state index is 0.521. The molecule has 0 heterocycles. The normalized spacial score (nSPS) is 13.1. The molecule has 0 saturated carbocycles. The largest absolute Gasteiger partial charge is 0.487 e. The summed E-state index contributed by atoms with van der Waals surface area (Å²) in [5.41, 5.74) is 17.0. The summed E-state index contributed by atoms with van der Waals surface area (Å²) in [5.74, 6) is 0.753. The van der Waals surface area contributed by atoms with E-state index in [1.807, 2.05) is 24.3 Å². The predicted octanol–water partition coefficient (Wildman–Crippen LogP) is 7.18. The molecule has 0 amide bonds. The van der Waals surface area contributed by atoms with Crippen molar-refractivity contribution in [2.75, 3.05) is 12.3 Å². The van der Waals surface area contributed by atoms with Crippen molar-refractivity contribution in [3.63, 3.8) is 0 Å². The molecule has 0 fully saturated rings.